The second-order valence-corrected chi connectivity index (χ2v) is 19.0. The van der Waals surface area contributed by atoms with Crippen LogP contribution in [0.1, 0.15) is 117 Å². The van der Waals surface area contributed by atoms with E-state index < -0.39 is 236 Å². The predicted octanol–water partition coefficient (Wildman–Crippen LogP) is 18.9. The maximum Gasteiger partial charge on any atom is 0.0714 e. The summed E-state index contributed by atoms with van der Waals surface area (Å²) in [5.74, 6) is 0. The van der Waals surface area contributed by atoms with Crippen molar-refractivity contribution in [2.24, 2.45) is 0 Å². The van der Waals surface area contributed by atoms with Gasteiger partial charge < -0.3 is 4.90 Å². The molecule has 0 unspecified atom stereocenters. The summed E-state index contributed by atoms with van der Waals surface area (Å²) in [5.41, 5.74) is -11.2. The Morgan fingerprint density at radius 3 is 1.79 bits per heavy atom. The number of fused-ring (bicyclic) bond motifs is 10. The largest absolute Gasteiger partial charge is 0.310 e. The van der Waals surface area contributed by atoms with Gasteiger partial charge in [-0.15, -0.1) is 0 Å². The molecule has 0 saturated carbocycles. The highest BCUT2D eigenvalue weighted by atomic mass is 15.1. The van der Waals surface area contributed by atoms with Crippen LogP contribution in [0.4, 0.5) is 17.1 Å². The van der Waals surface area contributed by atoms with E-state index in [0.29, 0.717) is 11.1 Å². The van der Waals surface area contributed by atoms with E-state index in [-0.39, 0.29) is 11.1 Å². The molecule has 0 heterocycles. The van der Waals surface area contributed by atoms with Crippen LogP contribution in [0.3, 0.4) is 0 Å². The molecule has 73 heavy (non-hydrogen) atoms. The first-order chi connectivity index (χ1) is 47.7. The fraction of sp³-hybridized carbons (Fsp3) is 0.111. The van der Waals surface area contributed by atoms with Crippen molar-refractivity contribution in [2.45, 2.75) is 50.7 Å². The zero-order valence-electron chi connectivity index (χ0n) is 68.3. The molecule has 1 heteroatoms. The van der Waals surface area contributed by atoms with E-state index in [1.54, 1.807) is 12.1 Å². The molecule has 11 aromatic carbocycles. The third kappa shape index (κ3) is 6.15. The molecule has 0 aromatic heterocycles. The summed E-state index contributed by atoms with van der Waals surface area (Å²) in [4.78, 5) is 0.929. The van der Waals surface area contributed by atoms with Crippen molar-refractivity contribution in [1.29, 1.82) is 0 Å². The van der Waals surface area contributed by atoms with E-state index >= 15 is 0 Å². The molecule has 0 spiro atoms. The maximum atomic E-state index is 11.0. The van der Waals surface area contributed by atoms with Gasteiger partial charge in [0.25, 0.3) is 0 Å². The van der Waals surface area contributed by atoms with E-state index in [2.05, 4.69) is 38.1 Å². The highest BCUT2D eigenvalue weighted by Crippen LogP contribution is 2.59. The molecule has 0 fully saturated rings. The molecule has 0 radical (unpaired) electrons. The molecule has 0 atom stereocenters. The fourth-order valence-corrected chi connectivity index (χ4v) is 11.6. The van der Waals surface area contributed by atoms with Gasteiger partial charge in [0.15, 0.2) is 0 Å². The normalized spacial score (nSPS) is 20.7. The van der Waals surface area contributed by atoms with Crippen molar-refractivity contribution in [1.82, 2.24) is 0 Å². The van der Waals surface area contributed by atoms with Crippen LogP contribution < -0.4 is 4.90 Å². The predicted molar refractivity (Wildman–Crippen MR) is 307 cm³/mol. The number of hydrogen-bond donors (Lipinski definition) is 0. The quantitative estimate of drug-likeness (QED) is 0.154. The van der Waals surface area contributed by atoms with Crippen molar-refractivity contribution in [3.8, 4) is 55.6 Å². The minimum Gasteiger partial charge on any atom is -0.310 e. The minimum absolute atomic E-state index is 0.237. The molecular formula is C72H55N. The van der Waals surface area contributed by atoms with Gasteiger partial charge in [0.05, 0.1) is 36.9 Å². The lowest BCUT2D eigenvalue weighted by atomic mass is 9.67. The summed E-state index contributed by atoms with van der Waals surface area (Å²) < 4.78 is 275. The molecule has 0 aliphatic heterocycles. The van der Waals surface area contributed by atoms with Crippen LogP contribution in [0.15, 0.2) is 242 Å². The summed E-state index contributed by atoms with van der Waals surface area (Å²) in [6.45, 7) is -2.22. The zero-order valence-corrected chi connectivity index (χ0v) is 39.3. The molecule has 0 amide bonds. The smallest absolute Gasteiger partial charge is 0.0714 e. The Morgan fingerprint density at radius 2 is 1.04 bits per heavy atom. The summed E-state index contributed by atoms with van der Waals surface area (Å²) in [7, 11) is 0. The molecule has 0 bridgehead atoms. The standard InChI is InChI=1S/C72H55N/c1-46-67(43-41-60-57-27-14-18-30-63(57)71(4,5)69(46)60)73(53-38-40-59-56-26-16-19-31-65(56)72(66(59)45-53,50-21-8-6-9-22-50)51-23-10-7-11-24-51)52-36-32-48(33-37-52)55-39-34-47-20-12-13-25-54(47)68(55)49-35-42-64-61(44-49)58-28-15-17-29-62(58)70(64,2)3/h6-45H,1-5H3/i4D3,5D3,6D,7D,8D,9D,10D,11D,14D,16D,18D,19D,21D,22D,23D,24D,26D,27D,30D,31D,38D,40D,41D,43D,45D. The van der Waals surface area contributed by atoms with Crippen LogP contribution >= 0.6 is 0 Å². The van der Waals surface area contributed by atoms with Gasteiger partial charge >= 0.3 is 0 Å². The molecule has 1 nitrogen and oxygen atoms in total. The molecule has 11 aromatic rings. The molecular weight excluding hydrogens is 879 g/mol. The van der Waals surface area contributed by atoms with Crippen LogP contribution in [0.2, 0.25) is 0 Å². The van der Waals surface area contributed by atoms with Crippen molar-refractivity contribution >= 4 is 27.8 Å². The van der Waals surface area contributed by atoms with E-state index in [4.69, 9.17) is 12.3 Å². The second kappa shape index (κ2) is 16.0. The molecule has 0 N–H and O–H groups in total. The van der Waals surface area contributed by atoms with E-state index in [9.17, 15) is 27.4 Å². The zero-order chi connectivity index (χ0) is 74.2. The first kappa shape index (κ1) is 22.9. The highest BCUT2D eigenvalue weighted by molar-refractivity contribution is 6.05. The van der Waals surface area contributed by atoms with Crippen molar-refractivity contribution in [3.63, 3.8) is 0 Å². The number of anilines is 3. The van der Waals surface area contributed by atoms with Crippen LogP contribution in [0, 0.1) is 6.92 Å². The first-order valence-electron chi connectivity index (χ1n) is 38.0. The van der Waals surface area contributed by atoms with Crippen LogP contribution in [0.5, 0.6) is 0 Å². The van der Waals surface area contributed by atoms with Gasteiger partial charge in [-0.2, -0.15) is 0 Å². The van der Waals surface area contributed by atoms with Gasteiger partial charge in [0.1, 0.15) is 0 Å². The number of rotatable bonds is 7. The maximum absolute atomic E-state index is 11.0. The Labute approximate surface area is 470 Å². The highest BCUT2D eigenvalue weighted by Gasteiger charge is 2.47. The van der Waals surface area contributed by atoms with Gasteiger partial charge in [-0.05, 0) is 160 Å². The average molecular weight is 963 g/mol. The Balaban J connectivity index is 1.16. The van der Waals surface area contributed by atoms with Crippen LogP contribution in [-0.2, 0) is 16.2 Å². The molecule has 14 rings (SSSR count). The lowest BCUT2D eigenvalue weighted by Crippen LogP contribution is -2.28. The lowest BCUT2D eigenvalue weighted by Gasteiger charge is -2.35. The van der Waals surface area contributed by atoms with Gasteiger partial charge in [0, 0.05) is 36.1 Å². The molecule has 3 aliphatic carbocycles. The van der Waals surface area contributed by atoms with E-state index in [1.165, 1.54) is 12.1 Å². The van der Waals surface area contributed by atoms with Crippen LogP contribution in [-0.4, -0.2) is 0 Å². The Hall–Kier alpha value is -8.52. The van der Waals surface area contributed by atoms with Gasteiger partial charge in [0.2, 0.25) is 0 Å². The van der Waals surface area contributed by atoms with Crippen molar-refractivity contribution < 1.29 is 39.8 Å². The second-order valence-electron chi connectivity index (χ2n) is 19.0. The third-order valence-electron chi connectivity index (χ3n) is 14.9. The summed E-state index contributed by atoms with van der Waals surface area (Å²) in [5, 5.41) is 1.70. The third-order valence-corrected chi connectivity index (χ3v) is 14.9. The molecule has 348 valence electrons. The minimum atomic E-state index is -3.84. The lowest BCUT2D eigenvalue weighted by molar-refractivity contribution is 0.655. The number of hydrogen-bond acceptors (Lipinski definition) is 1. The van der Waals surface area contributed by atoms with E-state index in [1.807, 2.05) is 54.6 Å². The van der Waals surface area contributed by atoms with Gasteiger partial charge in [-0.25, -0.2) is 0 Å². The Morgan fingerprint density at radius 1 is 0.425 bits per heavy atom. The molecule has 0 saturated heterocycles. The Bertz CT molecular complexity index is 5510. The van der Waals surface area contributed by atoms with Gasteiger partial charge in [-0.1, -0.05) is 233 Å². The van der Waals surface area contributed by atoms with E-state index in [0.717, 1.165) is 56.0 Å². The number of benzene rings is 11. The van der Waals surface area contributed by atoms with Crippen molar-refractivity contribution in [3.05, 3.63) is 292 Å². The molecule has 3 aliphatic rings. The first-order valence-corrected chi connectivity index (χ1v) is 23.5. The summed E-state index contributed by atoms with van der Waals surface area (Å²) in [6, 6.07) is 7.16. The average Bonchev–Trinajstić information content (AvgIpc) is 1.49. The van der Waals surface area contributed by atoms with Crippen molar-refractivity contribution in [2.75, 3.05) is 4.90 Å². The summed E-state index contributed by atoms with van der Waals surface area (Å²) in [6.07, 6.45) is 0. The van der Waals surface area contributed by atoms with Crippen LogP contribution in [0.25, 0.3) is 66.4 Å². The number of nitrogens with zero attached hydrogens (tertiary/aromatic N) is 1. The Kier molecular flexibility index (Phi) is 5.02. The SMILES string of the molecule is [2H]c1c([2H])c([2H])c(C2(c3c([2H])c([2H])c([2H])c([2H])c3[2H])c3c([2H])c([2H])c([2H])c([2H])c3-c3c([2H])c([2H])c(N(c4ccc(-c5ccc6ccccc6c5-c5ccc6c(c5)-c5ccccc5C6(C)C)cc4)c4c([2H])c([2H])c5c(c4C)C(C([2H])([2H])[2H])(C([2H])([2H])[2H])c4c([2H])c([2H])c([2H])c([2H])c4-5)c([2H])c32)c([2H])c1[2H]. The fourth-order valence-electron chi connectivity index (χ4n) is 11.6. The topological polar surface area (TPSA) is 3.24 Å². The van der Waals surface area contributed by atoms with Gasteiger partial charge in [-0.3, -0.25) is 0 Å². The monoisotopic (exact) mass is 963 g/mol. The summed E-state index contributed by atoms with van der Waals surface area (Å²) >= 11 is 0.